The van der Waals surface area contributed by atoms with Gasteiger partial charge in [-0.2, -0.15) is 0 Å². The van der Waals surface area contributed by atoms with Crippen LogP contribution in [0.1, 0.15) is 26.7 Å². The number of nitrogens with zero attached hydrogens (tertiary/aromatic N) is 2. The van der Waals surface area contributed by atoms with E-state index >= 15 is 0 Å². The monoisotopic (exact) mass is 237 g/mol. The molecular weight excluding hydrogens is 218 g/mol. The van der Waals surface area contributed by atoms with Gasteiger partial charge in [0.05, 0.1) is 18.0 Å². The van der Waals surface area contributed by atoms with E-state index in [1.54, 1.807) is 12.4 Å². The molecule has 6 nitrogen and oxygen atoms in total. The molecule has 0 amide bonds. The quantitative estimate of drug-likeness (QED) is 0.540. The average molecular weight is 237 g/mol. The highest BCUT2D eigenvalue weighted by atomic mass is 16.5. The van der Waals surface area contributed by atoms with Crippen LogP contribution < -0.4 is 16.6 Å². The second-order valence-corrected chi connectivity index (χ2v) is 4.88. The zero-order valence-corrected chi connectivity index (χ0v) is 10.2. The molecule has 0 radical (unpaired) electrons. The van der Waals surface area contributed by atoms with Gasteiger partial charge >= 0.3 is 0 Å². The first kappa shape index (κ1) is 12.1. The lowest BCUT2D eigenvalue weighted by Gasteiger charge is -2.36. The van der Waals surface area contributed by atoms with Crippen molar-refractivity contribution in [2.24, 2.45) is 5.84 Å². The maximum Gasteiger partial charge on any atom is 0.160 e. The fourth-order valence-electron chi connectivity index (χ4n) is 2.07. The summed E-state index contributed by atoms with van der Waals surface area (Å²) in [4.78, 5) is 8.34. The van der Waals surface area contributed by atoms with Crippen LogP contribution >= 0.6 is 0 Å². The molecule has 1 unspecified atom stereocenters. The predicted octanol–water partition coefficient (Wildman–Crippen LogP) is 1.13. The lowest BCUT2D eigenvalue weighted by molar-refractivity contribution is -0.0553. The molecule has 0 spiro atoms. The molecule has 1 saturated heterocycles. The number of nitrogens with one attached hydrogen (secondary N) is 2. The van der Waals surface area contributed by atoms with E-state index in [1.165, 1.54) is 0 Å². The normalized spacial score (nSPS) is 23.1. The molecule has 0 aliphatic carbocycles. The largest absolute Gasteiger partial charge is 0.375 e. The summed E-state index contributed by atoms with van der Waals surface area (Å²) in [7, 11) is 0. The van der Waals surface area contributed by atoms with E-state index in [2.05, 4.69) is 34.6 Å². The summed E-state index contributed by atoms with van der Waals surface area (Å²) in [6.45, 7) is 4.97. The molecule has 0 saturated carbocycles. The lowest BCUT2D eigenvalue weighted by atomic mass is 9.94. The molecule has 1 atom stereocenters. The van der Waals surface area contributed by atoms with Crippen molar-refractivity contribution in [3.05, 3.63) is 12.4 Å². The van der Waals surface area contributed by atoms with Gasteiger partial charge in [-0.05, 0) is 26.7 Å². The summed E-state index contributed by atoms with van der Waals surface area (Å²) in [6, 6.07) is 0.362. The molecule has 4 N–H and O–H groups in total. The second-order valence-electron chi connectivity index (χ2n) is 4.88. The smallest absolute Gasteiger partial charge is 0.160 e. The van der Waals surface area contributed by atoms with E-state index in [4.69, 9.17) is 10.6 Å². The first-order chi connectivity index (χ1) is 8.09. The maximum atomic E-state index is 5.67. The van der Waals surface area contributed by atoms with Crippen LogP contribution in [0.2, 0.25) is 0 Å². The minimum absolute atomic E-state index is 0.0763. The Balaban J connectivity index is 2.00. The topological polar surface area (TPSA) is 85.1 Å². The zero-order valence-electron chi connectivity index (χ0n) is 10.2. The molecule has 2 rings (SSSR count). The third-order valence-corrected chi connectivity index (χ3v) is 2.83. The molecule has 2 heterocycles. The fraction of sp³-hybridized carbons (Fsp3) is 0.636. The number of hydrogen-bond acceptors (Lipinski definition) is 6. The Morgan fingerprint density at radius 3 is 2.88 bits per heavy atom. The van der Waals surface area contributed by atoms with Crippen LogP contribution in [0.4, 0.5) is 11.6 Å². The second kappa shape index (κ2) is 4.85. The van der Waals surface area contributed by atoms with E-state index in [-0.39, 0.29) is 5.60 Å². The van der Waals surface area contributed by atoms with Crippen LogP contribution in [0.25, 0.3) is 0 Å². The van der Waals surface area contributed by atoms with Gasteiger partial charge < -0.3 is 15.5 Å². The molecule has 1 aromatic heterocycles. The van der Waals surface area contributed by atoms with Gasteiger partial charge in [0.2, 0.25) is 0 Å². The average Bonchev–Trinajstić information content (AvgIpc) is 2.28. The number of rotatable bonds is 3. The van der Waals surface area contributed by atoms with Crippen molar-refractivity contribution in [1.82, 2.24) is 9.97 Å². The molecule has 0 bridgehead atoms. The van der Waals surface area contributed by atoms with Crippen LogP contribution in [0, 0.1) is 0 Å². The van der Waals surface area contributed by atoms with Crippen molar-refractivity contribution in [2.75, 3.05) is 17.3 Å². The van der Waals surface area contributed by atoms with Gasteiger partial charge in [-0.15, -0.1) is 0 Å². The Kier molecular flexibility index (Phi) is 3.44. The minimum Gasteiger partial charge on any atom is -0.375 e. The summed E-state index contributed by atoms with van der Waals surface area (Å²) >= 11 is 0. The Morgan fingerprint density at radius 1 is 1.41 bits per heavy atom. The van der Waals surface area contributed by atoms with E-state index < -0.39 is 0 Å². The molecule has 17 heavy (non-hydrogen) atoms. The molecule has 6 heteroatoms. The van der Waals surface area contributed by atoms with E-state index in [1.807, 2.05) is 0 Å². The highest BCUT2D eigenvalue weighted by Gasteiger charge is 2.28. The number of nitrogen functional groups attached to an aromatic ring is 1. The molecule has 1 aliphatic rings. The summed E-state index contributed by atoms with van der Waals surface area (Å²) in [6.07, 6.45) is 5.21. The number of hydrazine groups is 1. The Morgan fingerprint density at radius 2 is 2.18 bits per heavy atom. The van der Waals surface area contributed by atoms with E-state index in [9.17, 15) is 0 Å². The van der Waals surface area contributed by atoms with Gasteiger partial charge in [0, 0.05) is 12.6 Å². The van der Waals surface area contributed by atoms with Crippen LogP contribution in [-0.2, 0) is 4.74 Å². The van der Waals surface area contributed by atoms with Crippen molar-refractivity contribution in [3.8, 4) is 0 Å². The highest BCUT2D eigenvalue weighted by Crippen LogP contribution is 2.25. The number of anilines is 2. The first-order valence-electron chi connectivity index (χ1n) is 5.78. The molecular formula is C11H19N5O. The summed E-state index contributed by atoms with van der Waals surface area (Å²) < 4.78 is 5.67. The zero-order chi connectivity index (χ0) is 12.3. The van der Waals surface area contributed by atoms with E-state index in [0.29, 0.717) is 11.9 Å². The Bertz CT molecular complexity index is 382. The Hall–Kier alpha value is -1.40. The van der Waals surface area contributed by atoms with E-state index in [0.717, 1.165) is 25.3 Å². The van der Waals surface area contributed by atoms with Crippen LogP contribution in [0.5, 0.6) is 0 Å². The number of aromatic nitrogens is 2. The van der Waals surface area contributed by atoms with Crippen molar-refractivity contribution in [1.29, 1.82) is 0 Å². The van der Waals surface area contributed by atoms with Gasteiger partial charge in [0.1, 0.15) is 5.82 Å². The van der Waals surface area contributed by atoms with Gasteiger partial charge in [0.15, 0.2) is 5.82 Å². The van der Waals surface area contributed by atoms with Crippen molar-refractivity contribution >= 4 is 11.6 Å². The number of nitrogens with two attached hydrogens (primary N) is 1. The minimum atomic E-state index is -0.0763. The van der Waals surface area contributed by atoms with Crippen molar-refractivity contribution in [2.45, 2.75) is 38.3 Å². The maximum absolute atomic E-state index is 5.67. The highest BCUT2D eigenvalue weighted by molar-refractivity contribution is 5.41. The van der Waals surface area contributed by atoms with Crippen LogP contribution in [-0.4, -0.2) is 28.2 Å². The number of hydrogen-bond donors (Lipinski definition) is 3. The standard InChI is InChI=1S/C11H19N5O/c1-11(2)5-8(3-4-17-11)14-9-6-13-7-10(15-9)16-12/h6-8H,3-5,12H2,1-2H3,(H2,14,15,16). The van der Waals surface area contributed by atoms with Crippen molar-refractivity contribution in [3.63, 3.8) is 0 Å². The van der Waals surface area contributed by atoms with Crippen LogP contribution in [0.3, 0.4) is 0 Å². The first-order valence-corrected chi connectivity index (χ1v) is 5.78. The predicted molar refractivity (Wildman–Crippen MR) is 66.5 cm³/mol. The third kappa shape index (κ3) is 3.28. The van der Waals surface area contributed by atoms with Crippen molar-refractivity contribution < 1.29 is 4.74 Å². The third-order valence-electron chi connectivity index (χ3n) is 2.83. The molecule has 0 aromatic carbocycles. The SMILES string of the molecule is CC1(C)CC(Nc2cncc(NN)n2)CCO1. The fourth-order valence-corrected chi connectivity index (χ4v) is 2.07. The number of ether oxygens (including phenoxy) is 1. The molecule has 1 fully saturated rings. The van der Waals surface area contributed by atoms with Crippen LogP contribution in [0.15, 0.2) is 12.4 Å². The summed E-state index contributed by atoms with van der Waals surface area (Å²) in [5.74, 6) is 6.59. The Labute approximate surface area is 101 Å². The van der Waals surface area contributed by atoms with Gasteiger partial charge in [0.25, 0.3) is 0 Å². The summed E-state index contributed by atoms with van der Waals surface area (Å²) in [5, 5.41) is 3.36. The lowest BCUT2D eigenvalue weighted by Crippen LogP contribution is -2.40. The molecule has 1 aromatic rings. The molecule has 1 aliphatic heterocycles. The van der Waals surface area contributed by atoms with Gasteiger partial charge in [-0.1, -0.05) is 0 Å². The van der Waals surface area contributed by atoms with Gasteiger partial charge in [-0.3, -0.25) is 4.98 Å². The summed E-state index contributed by atoms with van der Waals surface area (Å²) in [5.41, 5.74) is 2.41. The van der Waals surface area contributed by atoms with Gasteiger partial charge in [-0.25, -0.2) is 10.8 Å². The molecule has 94 valence electrons.